The highest BCUT2D eigenvalue weighted by Gasteiger charge is 2.63. The highest BCUT2D eigenvalue weighted by molar-refractivity contribution is 6.04. The van der Waals surface area contributed by atoms with Crippen LogP contribution in [0.15, 0.2) is 53.6 Å². The third kappa shape index (κ3) is 3.47. The van der Waals surface area contributed by atoms with Gasteiger partial charge in [0.05, 0.1) is 25.7 Å². The molecular weight excluding hydrogens is 373 g/mol. The summed E-state index contributed by atoms with van der Waals surface area (Å²) in [5, 5.41) is 14.5. The number of nitrogens with zero attached hydrogens (tertiary/aromatic N) is 2. The van der Waals surface area contributed by atoms with Gasteiger partial charge in [0, 0.05) is 11.1 Å². The summed E-state index contributed by atoms with van der Waals surface area (Å²) < 4.78 is 46.2. The first-order chi connectivity index (χ1) is 13.2. The lowest BCUT2D eigenvalue weighted by Crippen LogP contribution is -2.57. The number of ether oxygens (including phenoxy) is 1. The molecule has 2 aromatic carbocycles. The van der Waals surface area contributed by atoms with Crippen LogP contribution in [0.5, 0.6) is 5.75 Å². The predicted molar refractivity (Wildman–Crippen MR) is 96.9 cm³/mol. The maximum Gasteiger partial charge on any atom is 0.438 e. The number of carbonyl (C=O) groups is 1. The van der Waals surface area contributed by atoms with Crippen LogP contribution in [0.4, 0.5) is 13.2 Å². The largest absolute Gasteiger partial charge is 0.496 e. The van der Waals surface area contributed by atoms with E-state index in [1.165, 1.54) is 7.11 Å². The number of methoxy groups -OCH3 is 1. The van der Waals surface area contributed by atoms with E-state index in [9.17, 15) is 23.1 Å². The van der Waals surface area contributed by atoms with Crippen molar-refractivity contribution in [1.82, 2.24) is 5.01 Å². The molecule has 1 aliphatic rings. The number of aliphatic hydroxyl groups is 1. The molecule has 1 heterocycles. The van der Waals surface area contributed by atoms with E-state index in [1.54, 1.807) is 55.5 Å². The van der Waals surface area contributed by atoms with Crippen LogP contribution < -0.4 is 4.74 Å². The first-order valence-corrected chi connectivity index (χ1v) is 8.55. The van der Waals surface area contributed by atoms with Crippen LogP contribution in [-0.4, -0.2) is 40.7 Å². The Balaban J connectivity index is 1.99. The zero-order chi connectivity index (χ0) is 20.5. The first-order valence-electron chi connectivity index (χ1n) is 8.55. The Morgan fingerprint density at radius 3 is 2.50 bits per heavy atom. The number of halogens is 3. The summed E-state index contributed by atoms with van der Waals surface area (Å²) in [6.45, 7) is 1.73. The first kappa shape index (κ1) is 19.9. The molecule has 0 bridgehead atoms. The number of hydrazone groups is 1. The minimum atomic E-state index is -5.07. The van der Waals surface area contributed by atoms with Gasteiger partial charge in [-0.15, -0.1) is 0 Å². The van der Waals surface area contributed by atoms with Gasteiger partial charge >= 0.3 is 6.18 Å². The topological polar surface area (TPSA) is 62.1 Å². The predicted octanol–water partition coefficient (Wildman–Crippen LogP) is 3.43. The summed E-state index contributed by atoms with van der Waals surface area (Å²) in [6, 6.07) is 13.3. The van der Waals surface area contributed by atoms with Crippen molar-refractivity contribution in [1.29, 1.82) is 0 Å². The van der Waals surface area contributed by atoms with Crippen molar-refractivity contribution in [2.75, 3.05) is 7.11 Å². The zero-order valence-corrected chi connectivity index (χ0v) is 15.3. The van der Waals surface area contributed by atoms with Gasteiger partial charge in [0.25, 0.3) is 5.72 Å². The summed E-state index contributed by atoms with van der Waals surface area (Å²) in [5.74, 6) is -0.610. The Bertz CT molecular complexity index is 927. The standard InChI is InChI=1S/C20H19F3N2O3/c1-13-7-3-5-9-15(13)16-12-19(27,20(21,22)23)25(24-16)18(26)11-14-8-4-6-10-17(14)28-2/h3-10,27H,11-12H2,1-2H3. The van der Waals surface area contributed by atoms with Crippen LogP contribution in [0.2, 0.25) is 0 Å². The molecule has 0 saturated heterocycles. The zero-order valence-electron chi connectivity index (χ0n) is 15.3. The smallest absolute Gasteiger partial charge is 0.438 e. The van der Waals surface area contributed by atoms with Gasteiger partial charge in [0.15, 0.2) is 0 Å². The number of hydrogen-bond acceptors (Lipinski definition) is 4. The van der Waals surface area contributed by atoms with E-state index in [4.69, 9.17) is 4.74 Å². The highest BCUT2D eigenvalue weighted by Crippen LogP contribution is 2.42. The average molecular weight is 392 g/mol. The number of carbonyl (C=O) groups excluding carboxylic acids is 1. The normalized spacial score (nSPS) is 19.5. The minimum Gasteiger partial charge on any atom is -0.496 e. The number of hydrogen-bond donors (Lipinski definition) is 1. The molecule has 1 aliphatic heterocycles. The molecule has 1 amide bonds. The lowest BCUT2D eigenvalue weighted by Gasteiger charge is -2.32. The van der Waals surface area contributed by atoms with Gasteiger partial charge in [-0.25, -0.2) is 0 Å². The third-order valence-electron chi connectivity index (χ3n) is 4.67. The van der Waals surface area contributed by atoms with Gasteiger partial charge in [0.1, 0.15) is 5.75 Å². The summed E-state index contributed by atoms with van der Waals surface area (Å²) in [6.07, 6.45) is -6.30. The molecule has 5 nitrogen and oxygen atoms in total. The van der Waals surface area contributed by atoms with E-state index in [-0.39, 0.29) is 10.7 Å². The Kier molecular flexibility index (Phi) is 5.16. The van der Waals surface area contributed by atoms with Gasteiger partial charge < -0.3 is 9.84 Å². The summed E-state index contributed by atoms with van der Waals surface area (Å²) in [4.78, 5) is 12.7. The van der Waals surface area contributed by atoms with Crippen molar-refractivity contribution < 1.29 is 27.8 Å². The van der Waals surface area contributed by atoms with Crippen molar-refractivity contribution in [2.24, 2.45) is 5.10 Å². The number of benzene rings is 2. The van der Waals surface area contributed by atoms with E-state index < -0.39 is 30.7 Å². The van der Waals surface area contributed by atoms with Gasteiger partial charge in [-0.05, 0) is 18.6 Å². The molecular formula is C20H19F3N2O3. The average Bonchev–Trinajstić information content (AvgIpc) is 3.01. The molecule has 1 N–H and O–H groups in total. The van der Waals surface area contributed by atoms with E-state index in [1.807, 2.05) is 0 Å². The molecule has 148 valence electrons. The molecule has 8 heteroatoms. The maximum atomic E-state index is 13.7. The van der Waals surface area contributed by atoms with E-state index in [0.717, 1.165) is 0 Å². The van der Waals surface area contributed by atoms with E-state index in [2.05, 4.69) is 5.10 Å². The lowest BCUT2D eigenvalue weighted by molar-refractivity contribution is -0.302. The molecule has 0 fully saturated rings. The van der Waals surface area contributed by atoms with Crippen LogP contribution in [0.3, 0.4) is 0 Å². The number of alkyl halides is 3. The van der Waals surface area contributed by atoms with Gasteiger partial charge in [-0.3, -0.25) is 4.79 Å². The quantitative estimate of drug-likeness (QED) is 0.867. The second-order valence-electron chi connectivity index (χ2n) is 6.55. The number of para-hydroxylation sites is 1. The number of rotatable bonds is 4. The lowest BCUT2D eigenvalue weighted by atomic mass is 9.97. The monoisotopic (exact) mass is 392 g/mol. The third-order valence-corrected chi connectivity index (χ3v) is 4.67. The molecule has 2 aromatic rings. The van der Waals surface area contributed by atoms with Crippen molar-refractivity contribution in [3.05, 3.63) is 65.2 Å². The maximum absolute atomic E-state index is 13.7. The van der Waals surface area contributed by atoms with Gasteiger partial charge in [-0.1, -0.05) is 42.5 Å². The van der Waals surface area contributed by atoms with E-state index in [0.29, 0.717) is 22.4 Å². The van der Waals surface area contributed by atoms with E-state index >= 15 is 0 Å². The Hall–Kier alpha value is -2.87. The molecule has 0 radical (unpaired) electrons. The fraction of sp³-hybridized carbons (Fsp3) is 0.300. The molecule has 0 aromatic heterocycles. The molecule has 0 aliphatic carbocycles. The Labute approximate surface area is 160 Å². The van der Waals surface area contributed by atoms with Crippen molar-refractivity contribution in [3.8, 4) is 5.75 Å². The van der Waals surface area contributed by atoms with Crippen LogP contribution in [0.1, 0.15) is 23.1 Å². The minimum absolute atomic E-state index is 0.00583. The molecule has 3 rings (SSSR count). The Morgan fingerprint density at radius 1 is 1.21 bits per heavy atom. The Morgan fingerprint density at radius 2 is 1.86 bits per heavy atom. The van der Waals surface area contributed by atoms with Crippen molar-refractivity contribution in [3.63, 3.8) is 0 Å². The molecule has 28 heavy (non-hydrogen) atoms. The summed E-state index contributed by atoms with van der Waals surface area (Å²) in [5.41, 5.74) is -1.84. The highest BCUT2D eigenvalue weighted by atomic mass is 19.4. The molecule has 1 atom stereocenters. The SMILES string of the molecule is COc1ccccc1CC(=O)N1N=C(c2ccccc2C)CC1(O)C(F)(F)F. The second-order valence-corrected chi connectivity index (χ2v) is 6.55. The van der Waals surface area contributed by atoms with Crippen LogP contribution >= 0.6 is 0 Å². The summed E-state index contributed by atoms with van der Waals surface area (Å²) >= 11 is 0. The van der Waals surface area contributed by atoms with Crippen molar-refractivity contribution in [2.45, 2.75) is 31.7 Å². The molecule has 1 unspecified atom stereocenters. The molecule has 0 spiro atoms. The fourth-order valence-corrected chi connectivity index (χ4v) is 3.16. The molecule has 0 saturated carbocycles. The fourth-order valence-electron chi connectivity index (χ4n) is 3.16. The van der Waals surface area contributed by atoms with Crippen LogP contribution in [-0.2, 0) is 11.2 Å². The van der Waals surface area contributed by atoms with Crippen LogP contribution in [0, 0.1) is 6.92 Å². The van der Waals surface area contributed by atoms with Crippen LogP contribution in [0.25, 0.3) is 0 Å². The number of amides is 1. The number of aryl methyl sites for hydroxylation is 1. The second kappa shape index (κ2) is 7.27. The summed E-state index contributed by atoms with van der Waals surface area (Å²) in [7, 11) is 1.40. The van der Waals surface area contributed by atoms with Gasteiger partial charge in [0.2, 0.25) is 5.91 Å². The van der Waals surface area contributed by atoms with Crippen molar-refractivity contribution >= 4 is 11.6 Å². The van der Waals surface area contributed by atoms with Gasteiger partial charge in [-0.2, -0.15) is 23.3 Å².